The first kappa shape index (κ1) is 19.2. The lowest BCUT2D eigenvalue weighted by Gasteiger charge is -2.36. The standard InChI is InChI=1S/C22H30N4O2/c1-16-5-6-19-18(14-16)4-3-10-26(19)20(27)15-25-11-7-17(8-12-25)21(28)22-23-9-13-24(22)2/h5-6,9,13-14,17,21,28H,3-4,7-8,10-12,15H2,1-2H3/t21-/m1/s1. The number of piperidine rings is 1. The van der Waals surface area contributed by atoms with E-state index in [1.54, 1.807) is 6.20 Å². The van der Waals surface area contributed by atoms with Crippen molar-refractivity contribution < 1.29 is 9.90 Å². The summed E-state index contributed by atoms with van der Waals surface area (Å²) in [6, 6.07) is 6.39. The molecule has 2 aromatic rings. The van der Waals surface area contributed by atoms with Crippen LogP contribution in [-0.2, 0) is 18.3 Å². The van der Waals surface area contributed by atoms with Crippen molar-refractivity contribution in [1.29, 1.82) is 0 Å². The Bertz CT molecular complexity index is 839. The lowest BCUT2D eigenvalue weighted by atomic mass is 9.90. The highest BCUT2D eigenvalue weighted by Gasteiger charge is 2.30. The van der Waals surface area contributed by atoms with Gasteiger partial charge < -0.3 is 14.6 Å². The quantitative estimate of drug-likeness (QED) is 0.882. The minimum Gasteiger partial charge on any atom is -0.385 e. The molecule has 0 radical (unpaired) electrons. The molecule has 6 nitrogen and oxygen atoms in total. The molecule has 1 aromatic carbocycles. The molecule has 6 heteroatoms. The number of imidazole rings is 1. The summed E-state index contributed by atoms with van der Waals surface area (Å²) < 4.78 is 1.89. The van der Waals surface area contributed by atoms with Gasteiger partial charge in [0.15, 0.2) is 0 Å². The summed E-state index contributed by atoms with van der Waals surface area (Å²) in [6.07, 6.45) is 6.91. The summed E-state index contributed by atoms with van der Waals surface area (Å²) >= 11 is 0. The predicted octanol–water partition coefficient (Wildman–Crippen LogP) is 2.45. The van der Waals surface area contributed by atoms with Crippen LogP contribution in [0.2, 0.25) is 0 Å². The van der Waals surface area contributed by atoms with Gasteiger partial charge >= 0.3 is 0 Å². The van der Waals surface area contributed by atoms with Gasteiger partial charge in [-0.3, -0.25) is 9.69 Å². The highest BCUT2D eigenvalue weighted by atomic mass is 16.3. The molecular weight excluding hydrogens is 352 g/mol. The number of hydrogen-bond acceptors (Lipinski definition) is 4. The zero-order valence-corrected chi connectivity index (χ0v) is 16.8. The normalized spacial score (nSPS) is 19.5. The minimum atomic E-state index is -0.532. The Morgan fingerprint density at radius 2 is 2.07 bits per heavy atom. The van der Waals surface area contributed by atoms with Crippen molar-refractivity contribution in [2.75, 3.05) is 31.1 Å². The Labute approximate surface area is 166 Å². The van der Waals surface area contributed by atoms with E-state index in [1.165, 1.54) is 11.1 Å². The number of hydrogen-bond donors (Lipinski definition) is 1. The first-order valence-corrected chi connectivity index (χ1v) is 10.3. The lowest BCUT2D eigenvalue weighted by Crippen LogP contribution is -2.45. The SMILES string of the molecule is Cc1ccc2c(c1)CCCN2C(=O)CN1CCC([C@@H](O)c2nccn2C)CC1. The van der Waals surface area contributed by atoms with Crippen molar-refractivity contribution in [2.45, 2.75) is 38.7 Å². The van der Waals surface area contributed by atoms with E-state index in [0.29, 0.717) is 6.54 Å². The Morgan fingerprint density at radius 1 is 1.29 bits per heavy atom. The molecule has 3 heterocycles. The second kappa shape index (κ2) is 8.05. The lowest BCUT2D eigenvalue weighted by molar-refractivity contribution is -0.120. The van der Waals surface area contributed by atoms with E-state index in [1.807, 2.05) is 22.7 Å². The maximum atomic E-state index is 13.0. The third-order valence-electron chi connectivity index (χ3n) is 6.22. The average Bonchev–Trinajstić information content (AvgIpc) is 3.13. The molecule has 1 aromatic heterocycles. The fourth-order valence-corrected chi connectivity index (χ4v) is 4.56. The van der Waals surface area contributed by atoms with Crippen LogP contribution in [0.5, 0.6) is 0 Å². The summed E-state index contributed by atoms with van der Waals surface area (Å²) in [5.74, 6) is 1.12. The fraction of sp³-hybridized carbons (Fsp3) is 0.545. The first-order chi connectivity index (χ1) is 13.5. The summed E-state index contributed by atoms with van der Waals surface area (Å²) in [7, 11) is 1.91. The zero-order valence-electron chi connectivity index (χ0n) is 16.8. The van der Waals surface area contributed by atoms with E-state index in [4.69, 9.17) is 0 Å². The minimum absolute atomic E-state index is 0.188. The number of aryl methyl sites for hydroxylation is 3. The van der Waals surface area contributed by atoms with Crippen LogP contribution in [0, 0.1) is 12.8 Å². The molecule has 2 aliphatic rings. The van der Waals surface area contributed by atoms with Crippen molar-refractivity contribution >= 4 is 11.6 Å². The Morgan fingerprint density at radius 3 is 2.79 bits per heavy atom. The Balaban J connectivity index is 1.34. The highest BCUT2D eigenvalue weighted by Crippen LogP contribution is 2.31. The number of carbonyl (C=O) groups is 1. The number of fused-ring (bicyclic) bond motifs is 1. The van der Waals surface area contributed by atoms with Crippen molar-refractivity contribution in [2.24, 2.45) is 13.0 Å². The van der Waals surface area contributed by atoms with Gasteiger partial charge in [-0.2, -0.15) is 0 Å². The summed E-state index contributed by atoms with van der Waals surface area (Å²) in [5.41, 5.74) is 3.62. The second-order valence-electron chi connectivity index (χ2n) is 8.24. The van der Waals surface area contributed by atoms with Crippen LogP contribution >= 0.6 is 0 Å². The Hall–Kier alpha value is -2.18. The van der Waals surface area contributed by atoms with Crippen molar-refractivity contribution in [3.05, 3.63) is 47.5 Å². The number of likely N-dealkylation sites (tertiary alicyclic amines) is 1. The van der Waals surface area contributed by atoms with Gasteiger partial charge in [0.05, 0.1) is 6.54 Å². The molecule has 1 atom stereocenters. The van der Waals surface area contributed by atoms with Gasteiger partial charge in [-0.25, -0.2) is 4.98 Å². The van der Waals surface area contributed by atoms with Gasteiger partial charge in [0.25, 0.3) is 0 Å². The number of benzene rings is 1. The molecule has 4 rings (SSSR count). The molecule has 150 valence electrons. The van der Waals surface area contributed by atoms with Crippen LogP contribution in [0.15, 0.2) is 30.6 Å². The average molecular weight is 383 g/mol. The van der Waals surface area contributed by atoms with Crippen LogP contribution in [-0.4, -0.2) is 51.6 Å². The molecule has 0 bridgehead atoms. The van der Waals surface area contributed by atoms with Crippen molar-refractivity contribution in [3.63, 3.8) is 0 Å². The molecular formula is C22H30N4O2. The van der Waals surface area contributed by atoms with E-state index in [2.05, 4.69) is 35.0 Å². The largest absolute Gasteiger partial charge is 0.385 e. The molecule has 0 aliphatic carbocycles. The molecule has 0 unspecified atom stereocenters. The number of aliphatic hydroxyl groups excluding tert-OH is 1. The van der Waals surface area contributed by atoms with Gasteiger partial charge in [-0.1, -0.05) is 17.7 Å². The number of rotatable bonds is 4. The van der Waals surface area contributed by atoms with Crippen LogP contribution in [0.4, 0.5) is 5.69 Å². The van der Waals surface area contributed by atoms with E-state index < -0.39 is 6.10 Å². The maximum Gasteiger partial charge on any atom is 0.241 e. The summed E-state index contributed by atoms with van der Waals surface area (Å²) in [4.78, 5) is 21.5. The van der Waals surface area contributed by atoms with Gasteiger partial charge in [0.1, 0.15) is 11.9 Å². The van der Waals surface area contributed by atoms with Crippen LogP contribution in [0.3, 0.4) is 0 Å². The van der Waals surface area contributed by atoms with Gasteiger partial charge in [-0.05, 0) is 63.2 Å². The van der Waals surface area contributed by atoms with Crippen molar-refractivity contribution in [1.82, 2.24) is 14.5 Å². The second-order valence-corrected chi connectivity index (χ2v) is 8.24. The van der Waals surface area contributed by atoms with Gasteiger partial charge in [0.2, 0.25) is 5.91 Å². The predicted molar refractivity (Wildman–Crippen MR) is 109 cm³/mol. The molecule has 1 saturated heterocycles. The van der Waals surface area contributed by atoms with E-state index in [-0.39, 0.29) is 11.8 Å². The summed E-state index contributed by atoms with van der Waals surface area (Å²) in [6.45, 7) is 5.05. The molecule has 2 aliphatic heterocycles. The maximum absolute atomic E-state index is 13.0. The number of nitrogens with zero attached hydrogens (tertiary/aromatic N) is 4. The summed E-state index contributed by atoms with van der Waals surface area (Å²) in [5, 5.41) is 10.6. The Kier molecular flexibility index (Phi) is 5.51. The molecule has 1 amide bonds. The van der Waals surface area contributed by atoms with Crippen LogP contribution in [0.25, 0.3) is 0 Å². The molecule has 1 fully saturated rings. The van der Waals surface area contributed by atoms with Gasteiger partial charge in [0, 0.05) is 31.7 Å². The first-order valence-electron chi connectivity index (χ1n) is 10.3. The third-order valence-corrected chi connectivity index (χ3v) is 6.22. The molecule has 28 heavy (non-hydrogen) atoms. The van der Waals surface area contributed by atoms with E-state index in [9.17, 15) is 9.90 Å². The molecule has 0 spiro atoms. The van der Waals surface area contributed by atoms with Crippen LogP contribution < -0.4 is 4.90 Å². The molecule has 1 N–H and O–H groups in total. The fourth-order valence-electron chi connectivity index (χ4n) is 4.56. The highest BCUT2D eigenvalue weighted by molar-refractivity contribution is 5.96. The monoisotopic (exact) mass is 382 g/mol. The number of aliphatic hydroxyl groups is 1. The topological polar surface area (TPSA) is 61.6 Å². The number of carbonyl (C=O) groups excluding carboxylic acids is 1. The van der Waals surface area contributed by atoms with E-state index in [0.717, 1.165) is 56.8 Å². The zero-order chi connectivity index (χ0) is 19.7. The van der Waals surface area contributed by atoms with Gasteiger partial charge in [-0.15, -0.1) is 0 Å². The van der Waals surface area contributed by atoms with E-state index >= 15 is 0 Å². The van der Waals surface area contributed by atoms with Crippen molar-refractivity contribution in [3.8, 4) is 0 Å². The smallest absolute Gasteiger partial charge is 0.241 e. The number of anilines is 1. The number of amides is 1. The number of aromatic nitrogens is 2. The van der Waals surface area contributed by atoms with Crippen LogP contribution in [0.1, 0.15) is 42.3 Å². The molecule has 0 saturated carbocycles. The third kappa shape index (κ3) is 3.84.